The van der Waals surface area contributed by atoms with E-state index in [2.05, 4.69) is 224 Å². The van der Waals surface area contributed by atoms with E-state index in [4.69, 9.17) is 0 Å². The summed E-state index contributed by atoms with van der Waals surface area (Å²) >= 11 is 2.00. The van der Waals surface area contributed by atoms with E-state index in [-0.39, 0.29) is 44.6 Å². The molecule has 2 nitrogen and oxygen atoms in total. The highest BCUT2D eigenvalue weighted by Crippen LogP contribution is 2.63. The molecular formula is C65H73BN2S. The third kappa shape index (κ3) is 6.35. The molecule has 7 aromatic rings. The van der Waals surface area contributed by atoms with Crippen LogP contribution in [0.4, 0.5) is 33.4 Å². The van der Waals surface area contributed by atoms with Crippen molar-refractivity contribution in [2.24, 2.45) is 0 Å². The topological polar surface area (TPSA) is 6.48 Å². The molecule has 3 aliphatic heterocycles. The molecule has 6 aromatic carbocycles. The lowest BCUT2D eigenvalue weighted by molar-refractivity contribution is 0.327. The van der Waals surface area contributed by atoms with Gasteiger partial charge in [0.05, 0.1) is 16.4 Å². The molecule has 0 radical (unpaired) electrons. The first kappa shape index (κ1) is 45.1. The van der Waals surface area contributed by atoms with Crippen molar-refractivity contribution in [2.45, 2.75) is 174 Å². The van der Waals surface area contributed by atoms with Crippen molar-refractivity contribution in [3.05, 3.63) is 148 Å². The van der Waals surface area contributed by atoms with Crippen molar-refractivity contribution < 1.29 is 0 Å². The van der Waals surface area contributed by atoms with Gasteiger partial charge >= 0.3 is 0 Å². The van der Waals surface area contributed by atoms with Crippen LogP contribution in [0.3, 0.4) is 0 Å². The van der Waals surface area contributed by atoms with Crippen molar-refractivity contribution in [1.29, 1.82) is 0 Å². The van der Waals surface area contributed by atoms with Gasteiger partial charge in [-0.25, -0.2) is 0 Å². The fraction of sp³-hybridized carbons (Fsp3) is 0.415. The molecule has 4 heteroatoms. The van der Waals surface area contributed by atoms with Crippen LogP contribution < -0.4 is 26.2 Å². The Morgan fingerprint density at radius 1 is 0.478 bits per heavy atom. The average molecular weight is 925 g/mol. The molecule has 2 aliphatic carbocycles. The molecule has 69 heavy (non-hydrogen) atoms. The van der Waals surface area contributed by atoms with Crippen LogP contribution in [-0.4, -0.2) is 6.71 Å². The summed E-state index contributed by atoms with van der Waals surface area (Å²) in [5, 5.41) is 2.75. The van der Waals surface area contributed by atoms with Crippen LogP contribution in [0.5, 0.6) is 0 Å². The Morgan fingerprint density at radius 3 is 1.71 bits per heavy atom. The zero-order valence-corrected chi connectivity index (χ0v) is 45.3. The van der Waals surface area contributed by atoms with Crippen molar-refractivity contribution in [3.8, 4) is 11.1 Å². The van der Waals surface area contributed by atoms with Crippen LogP contribution in [0, 0.1) is 0 Å². The Bertz CT molecular complexity index is 3340. The van der Waals surface area contributed by atoms with Crippen LogP contribution in [0.2, 0.25) is 0 Å². The van der Waals surface area contributed by atoms with E-state index >= 15 is 0 Å². The second-order valence-electron chi connectivity index (χ2n) is 27.2. The van der Waals surface area contributed by atoms with Gasteiger partial charge in [0.25, 0.3) is 6.71 Å². The monoisotopic (exact) mass is 925 g/mol. The van der Waals surface area contributed by atoms with Gasteiger partial charge in [0, 0.05) is 32.7 Å². The molecule has 5 aliphatic rings. The van der Waals surface area contributed by atoms with Crippen molar-refractivity contribution >= 4 is 78.0 Å². The van der Waals surface area contributed by atoms with Gasteiger partial charge in [-0.2, -0.15) is 0 Å². The number of hydrogen-bond acceptors (Lipinski definition) is 3. The zero-order chi connectivity index (χ0) is 48.9. The van der Waals surface area contributed by atoms with E-state index in [1.807, 2.05) is 11.3 Å². The first-order chi connectivity index (χ1) is 32.2. The molecule has 352 valence electrons. The van der Waals surface area contributed by atoms with Gasteiger partial charge in [-0.15, -0.1) is 11.3 Å². The zero-order valence-electron chi connectivity index (χ0n) is 44.5. The summed E-state index contributed by atoms with van der Waals surface area (Å²) in [7, 11) is 0. The smallest absolute Gasteiger partial charge is 0.254 e. The molecule has 0 spiro atoms. The van der Waals surface area contributed by atoms with Crippen molar-refractivity contribution in [1.82, 2.24) is 0 Å². The fourth-order valence-electron chi connectivity index (χ4n) is 13.5. The van der Waals surface area contributed by atoms with Crippen LogP contribution in [0.15, 0.2) is 103 Å². The standard InChI is InChI=1S/C65H73BN2S/c1-59(2,3)39-22-26-49(42(32-39)38-20-18-17-19-21-38)68-52-35-41(61(7,8)9)34-51-56(52)66(55-43-33-40(60(4,5)6)23-27-53(43)69-58(55)68)48-25-24-44-54-57(48)67(51)50-37-46-45(63(12,13)28-29-64(46,14)15)36-47(50)65(54,16)31-30-62(44,10)11/h17-27,32-37H,28-31H2,1-16H3. The predicted molar refractivity (Wildman–Crippen MR) is 301 cm³/mol. The summed E-state index contributed by atoms with van der Waals surface area (Å²) in [5.74, 6) is 0. The summed E-state index contributed by atoms with van der Waals surface area (Å²) < 4.78 is 1.36. The molecule has 1 aromatic heterocycles. The van der Waals surface area contributed by atoms with Gasteiger partial charge in [0.15, 0.2) is 0 Å². The molecule has 0 saturated carbocycles. The minimum atomic E-state index is -0.129. The maximum atomic E-state index is 2.84. The maximum absolute atomic E-state index is 2.84. The SMILES string of the molecule is CC(C)(C)c1ccc(N2c3cc(C(C)(C)C)cc4c3B(c3ccc5c6c3N4c3cc4c(cc3C6(C)CCC5(C)C)C(C)(C)CCC4(C)C)c3c2sc2ccc(C(C)(C)C)cc32)c(-c2ccccc2)c1. The van der Waals surface area contributed by atoms with E-state index in [0.29, 0.717) is 0 Å². The molecule has 0 fully saturated rings. The number of nitrogens with zero attached hydrogens (tertiary/aromatic N) is 2. The quantitative estimate of drug-likeness (QED) is 0.159. The second-order valence-corrected chi connectivity index (χ2v) is 28.3. The van der Waals surface area contributed by atoms with Crippen molar-refractivity contribution in [3.63, 3.8) is 0 Å². The third-order valence-electron chi connectivity index (χ3n) is 18.1. The first-order valence-electron chi connectivity index (χ1n) is 26.1. The van der Waals surface area contributed by atoms with Gasteiger partial charge in [0.1, 0.15) is 0 Å². The molecule has 0 N–H and O–H groups in total. The molecule has 0 saturated heterocycles. The van der Waals surface area contributed by atoms with Crippen LogP contribution in [0.1, 0.15) is 181 Å². The number of benzene rings is 6. The highest BCUT2D eigenvalue weighted by atomic mass is 32.1. The predicted octanol–water partition coefficient (Wildman–Crippen LogP) is 16.6. The first-order valence-corrected chi connectivity index (χ1v) is 27.0. The third-order valence-corrected chi connectivity index (χ3v) is 19.3. The Labute approximate surface area is 418 Å². The minimum Gasteiger partial charge on any atom is -0.311 e. The Morgan fingerprint density at radius 2 is 1.06 bits per heavy atom. The van der Waals surface area contributed by atoms with Gasteiger partial charge in [-0.3, -0.25) is 0 Å². The van der Waals surface area contributed by atoms with E-state index in [9.17, 15) is 0 Å². The number of thiophene rings is 1. The number of anilines is 6. The summed E-state index contributed by atoms with van der Waals surface area (Å²) in [6.07, 6.45) is 4.71. The number of rotatable bonds is 2. The second kappa shape index (κ2) is 14.1. The number of fused-ring (bicyclic) bond motifs is 10. The Kier molecular flexibility index (Phi) is 9.21. The molecule has 1 atom stereocenters. The average Bonchev–Trinajstić information content (AvgIpc) is 3.66. The maximum Gasteiger partial charge on any atom is 0.254 e. The molecule has 12 rings (SSSR count). The molecule has 1 unspecified atom stereocenters. The largest absolute Gasteiger partial charge is 0.311 e. The van der Waals surface area contributed by atoms with Gasteiger partial charge in [-0.05, 0) is 166 Å². The van der Waals surface area contributed by atoms with E-state index < -0.39 is 0 Å². The number of hydrogen-bond donors (Lipinski definition) is 0. The van der Waals surface area contributed by atoms with Gasteiger partial charge in [0.2, 0.25) is 0 Å². The lowest BCUT2D eigenvalue weighted by Gasteiger charge is -2.55. The summed E-state index contributed by atoms with van der Waals surface area (Å²) in [5.41, 5.74) is 25.5. The summed E-state index contributed by atoms with van der Waals surface area (Å²) in [6.45, 7) is 39.2. The van der Waals surface area contributed by atoms with Gasteiger partial charge < -0.3 is 9.80 Å². The summed E-state index contributed by atoms with van der Waals surface area (Å²) in [4.78, 5) is 5.57. The molecular weight excluding hydrogens is 852 g/mol. The molecule has 0 amide bonds. The molecule has 4 heterocycles. The summed E-state index contributed by atoms with van der Waals surface area (Å²) in [6, 6.07) is 41.9. The van der Waals surface area contributed by atoms with E-state index in [1.165, 1.54) is 124 Å². The Balaban J connectivity index is 1.27. The molecule has 0 bridgehead atoms. The fourth-order valence-corrected chi connectivity index (χ4v) is 14.7. The van der Waals surface area contributed by atoms with Crippen LogP contribution in [-0.2, 0) is 37.9 Å². The van der Waals surface area contributed by atoms with Crippen LogP contribution >= 0.6 is 11.3 Å². The normalized spacial score (nSPS) is 20.3. The van der Waals surface area contributed by atoms with Crippen LogP contribution in [0.25, 0.3) is 21.2 Å². The highest BCUT2D eigenvalue weighted by molar-refractivity contribution is 7.26. The lowest BCUT2D eigenvalue weighted by Crippen LogP contribution is -2.62. The highest BCUT2D eigenvalue weighted by Gasteiger charge is 2.55. The minimum absolute atomic E-state index is 0.00503. The van der Waals surface area contributed by atoms with Crippen molar-refractivity contribution in [2.75, 3.05) is 9.80 Å². The van der Waals surface area contributed by atoms with E-state index in [0.717, 1.165) is 6.42 Å². The Hall–Kier alpha value is -5.06. The van der Waals surface area contributed by atoms with Gasteiger partial charge in [-0.1, -0.05) is 178 Å². The lowest BCUT2D eigenvalue weighted by atomic mass is 9.32. The van der Waals surface area contributed by atoms with E-state index in [1.54, 1.807) is 11.1 Å².